The fourth-order valence-electron chi connectivity index (χ4n) is 2.97. The molecule has 0 aliphatic carbocycles. The van der Waals surface area contributed by atoms with Gasteiger partial charge in [0.2, 0.25) is 11.8 Å². The molecule has 7 heteroatoms. The van der Waals surface area contributed by atoms with E-state index in [4.69, 9.17) is 4.52 Å². The standard InChI is InChI=1S/C13H20N4O2.ClH/c1-9-15-12(19-16-9)10-4-3-7-17(8-10)13(18)11-5-2-6-14-11;/h10-11,14H,2-8H2,1H3;1H. The van der Waals surface area contributed by atoms with Gasteiger partial charge in [-0.05, 0) is 39.2 Å². The highest BCUT2D eigenvalue weighted by molar-refractivity contribution is 5.85. The van der Waals surface area contributed by atoms with Gasteiger partial charge in [-0.1, -0.05) is 5.16 Å². The predicted octanol–water partition coefficient (Wildman–Crippen LogP) is 1.26. The first-order chi connectivity index (χ1) is 9.24. The first-order valence-electron chi connectivity index (χ1n) is 7.06. The highest BCUT2D eigenvalue weighted by atomic mass is 35.5. The van der Waals surface area contributed by atoms with Gasteiger partial charge in [-0.2, -0.15) is 4.98 Å². The number of likely N-dealkylation sites (tertiary alicyclic amines) is 1. The van der Waals surface area contributed by atoms with Gasteiger partial charge in [-0.25, -0.2) is 0 Å². The third-order valence-electron chi connectivity index (χ3n) is 3.98. The molecule has 0 saturated carbocycles. The highest BCUT2D eigenvalue weighted by Gasteiger charge is 2.32. The number of piperidine rings is 1. The summed E-state index contributed by atoms with van der Waals surface area (Å²) >= 11 is 0. The molecule has 1 aromatic heterocycles. The zero-order valence-electron chi connectivity index (χ0n) is 11.7. The minimum atomic E-state index is 0. The Balaban J connectivity index is 0.00000147. The van der Waals surface area contributed by atoms with Crippen molar-refractivity contribution in [1.29, 1.82) is 0 Å². The van der Waals surface area contributed by atoms with Gasteiger partial charge in [0.15, 0.2) is 5.82 Å². The predicted molar refractivity (Wildman–Crippen MR) is 75.9 cm³/mol. The molecule has 1 amide bonds. The summed E-state index contributed by atoms with van der Waals surface area (Å²) in [6, 6.07) is 0.0168. The van der Waals surface area contributed by atoms with Crippen molar-refractivity contribution in [3.05, 3.63) is 11.7 Å². The van der Waals surface area contributed by atoms with E-state index in [1.54, 1.807) is 0 Å². The molecule has 2 unspecified atom stereocenters. The molecule has 0 radical (unpaired) electrons. The van der Waals surface area contributed by atoms with Crippen LogP contribution in [0, 0.1) is 6.92 Å². The van der Waals surface area contributed by atoms with Crippen LogP contribution in [0.4, 0.5) is 0 Å². The average molecular weight is 301 g/mol. The molecule has 3 rings (SSSR count). The van der Waals surface area contributed by atoms with Gasteiger partial charge < -0.3 is 14.7 Å². The Labute approximate surface area is 124 Å². The van der Waals surface area contributed by atoms with Crippen LogP contribution in [0.15, 0.2) is 4.52 Å². The fraction of sp³-hybridized carbons (Fsp3) is 0.769. The summed E-state index contributed by atoms with van der Waals surface area (Å²) in [4.78, 5) is 18.6. The third kappa shape index (κ3) is 3.12. The lowest BCUT2D eigenvalue weighted by molar-refractivity contribution is -0.134. The van der Waals surface area contributed by atoms with Crippen molar-refractivity contribution in [1.82, 2.24) is 20.4 Å². The van der Waals surface area contributed by atoms with Crippen molar-refractivity contribution in [3.63, 3.8) is 0 Å². The van der Waals surface area contributed by atoms with Crippen LogP contribution in [0.2, 0.25) is 0 Å². The van der Waals surface area contributed by atoms with Crippen LogP contribution in [0.1, 0.15) is 43.3 Å². The molecule has 2 aliphatic heterocycles. The molecule has 2 fully saturated rings. The molecule has 2 aliphatic rings. The van der Waals surface area contributed by atoms with E-state index in [1.807, 2.05) is 11.8 Å². The quantitative estimate of drug-likeness (QED) is 0.890. The molecule has 3 heterocycles. The van der Waals surface area contributed by atoms with E-state index in [1.165, 1.54) is 0 Å². The Bertz CT molecular complexity index is 459. The maximum atomic E-state index is 12.4. The molecule has 1 aromatic rings. The second-order valence-corrected chi connectivity index (χ2v) is 5.45. The largest absolute Gasteiger partial charge is 0.341 e. The maximum absolute atomic E-state index is 12.4. The molecule has 2 atom stereocenters. The Morgan fingerprint density at radius 2 is 2.25 bits per heavy atom. The van der Waals surface area contributed by atoms with Crippen LogP contribution in [-0.4, -0.2) is 46.6 Å². The number of carbonyl (C=O) groups excluding carboxylic acids is 1. The molecule has 112 valence electrons. The molecule has 1 N–H and O–H groups in total. The molecule has 0 spiro atoms. The van der Waals surface area contributed by atoms with Crippen LogP contribution in [-0.2, 0) is 4.79 Å². The lowest BCUT2D eigenvalue weighted by atomic mass is 9.97. The number of aryl methyl sites for hydroxylation is 1. The minimum Gasteiger partial charge on any atom is -0.341 e. The van der Waals surface area contributed by atoms with Crippen molar-refractivity contribution in [3.8, 4) is 0 Å². The van der Waals surface area contributed by atoms with Gasteiger partial charge in [0.05, 0.1) is 12.0 Å². The number of rotatable bonds is 2. The van der Waals surface area contributed by atoms with Crippen LogP contribution >= 0.6 is 12.4 Å². The van der Waals surface area contributed by atoms with Crippen molar-refractivity contribution in [2.45, 2.75) is 44.6 Å². The summed E-state index contributed by atoms with van der Waals surface area (Å²) in [7, 11) is 0. The third-order valence-corrected chi connectivity index (χ3v) is 3.98. The van der Waals surface area contributed by atoms with E-state index in [0.717, 1.165) is 38.8 Å². The normalized spacial score (nSPS) is 26.4. The van der Waals surface area contributed by atoms with Gasteiger partial charge >= 0.3 is 0 Å². The topological polar surface area (TPSA) is 71.3 Å². The summed E-state index contributed by atoms with van der Waals surface area (Å²) in [5, 5.41) is 7.11. The number of carbonyl (C=O) groups is 1. The molecular weight excluding hydrogens is 280 g/mol. The van der Waals surface area contributed by atoms with Crippen LogP contribution in [0.25, 0.3) is 0 Å². The molecule has 2 saturated heterocycles. The van der Waals surface area contributed by atoms with Crippen molar-refractivity contribution in [2.75, 3.05) is 19.6 Å². The average Bonchev–Trinajstić information content (AvgIpc) is 3.09. The second-order valence-electron chi connectivity index (χ2n) is 5.45. The lowest BCUT2D eigenvalue weighted by Gasteiger charge is -2.32. The zero-order chi connectivity index (χ0) is 13.2. The highest BCUT2D eigenvalue weighted by Crippen LogP contribution is 2.26. The molecule has 0 aromatic carbocycles. The number of hydrogen-bond donors (Lipinski definition) is 1. The van der Waals surface area contributed by atoms with E-state index in [9.17, 15) is 4.79 Å². The van der Waals surface area contributed by atoms with Crippen LogP contribution in [0.5, 0.6) is 0 Å². The van der Waals surface area contributed by atoms with E-state index >= 15 is 0 Å². The first-order valence-corrected chi connectivity index (χ1v) is 7.06. The number of halogens is 1. The van der Waals surface area contributed by atoms with E-state index in [0.29, 0.717) is 18.3 Å². The lowest BCUT2D eigenvalue weighted by Crippen LogP contribution is -2.47. The summed E-state index contributed by atoms with van der Waals surface area (Å²) in [6.07, 6.45) is 4.07. The van der Waals surface area contributed by atoms with E-state index < -0.39 is 0 Å². The Morgan fingerprint density at radius 1 is 1.40 bits per heavy atom. The van der Waals surface area contributed by atoms with Gasteiger partial charge in [0.25, 0.3) is 0 Å². The molecule has 6 nitrogen and oxygen atoms in total. The van der Waals surface area contributed by atoms with Gasteiger partial charge in [-0.15, -0.1) is 12.4 Å². The van der Waals surface area contributed by atoms with Gasteiger partial charge in [0.1, 0.15) is 0 Å². The summed E-state index contributed by atoms with van der Waals surface area (Å²) in [5.74, 6) is 1.77. The Morgan fingerprint density at radius 3 is 2.90 bits per heavy atom. The second kappa shape index (κ2) is 6.54. The maximum Gasteiger partial charge on any atom is 0.239 e. The minimum absolute atomic E-state index is 0. The number of amides is 1. The smallest absolute Gasteiger partial charge is 0.239 e. The van der Waals surface area contributed by atoms with Crippen LogP contribution in [0.3, 0.4) is 0 Å². The first kappa shape index (κ1) is 15.3. The fourth-order valence-corrected chi connectivity index (χ4v) is 2.97. The summed E-state index contributed by atoms with van der Waals surface area (Å²) < 4.78 is 5.24. The molecular formula is C13H21ClN4O2. The summed E-state index contributed by atoms with van der Waals surface area (Å²) in [5.41, 5.74) is 0. The van der Waals surface area contributed by atoms with Crippen LogP contribution < -0.4 is 5.32 Å². The Hall–Kier alpha value is -1.14. The number of hydrogen-bond acceptors (Lipinski definition) is 5. The zero-order valence-corrected chi connectivity index (χ0v) is 12.5. The van der Waals surface area contributed by atoms with Gasteiger partial charge in [-0.3, -0.25) is 4.79 Å². The van der Waals surface area contributed by atoms with Crippen molar-refractivity contribution >= 4 is 18.3 Å². The number of aromatic nitrogens is 2. The number of nitrogens with zero attached hydrogens (tertiary/aromatic N) is 3. The molecule has 0 bridgehead atoms. The van der Waals surface area contributed by atoms with E-state index in [-0.39, 0.29) is 30.3 Å². The van der Waals surface area contributed by atoms with E-state index in [2.05, 4.69) is 15.5 Å². The Kier molecular flexibility index (Phi) is 4.99. The SMILES string of the molecule is Cc1noc(C2CCCN(C(=O)C3CCCN3)C2)n1.Cl. The van der Waals surface area contributed by atoms with Crippen molar-refractivity contribution in [2.24, 2.45) is 0 Å². The molecule has 20 heavy (non-hydrogen) atoms. The van der Waals surface area contributed by atoms with Gasteiger partial charge in [0, 0.05) is 13.1 Å². The number of nitrogens with one attached hydrogen (secondary N) is 1. The summed E-state index contributed by atoms with van der Waals surface area (Å²) in [6.45, 7) is 4.33. The monoisotopic (exact) mass is 300 g/mol. The van der Waals surface area contributed by atoms with Crippen molar-refractivity contribution < 1.29 is 9.32 Å².